The second kappa shape index (κ2) is 10.8. The predicted octanol–water partition coefficient (Wildman–Crippen LogP) is 2.42. The number of carbonyl (C=O) groups excluding carboxylic acids is 4. The second-order valence-corrected chi connectivity index (χ2v) is 9.28. The highest BCUT2D eigenvalue weighted by Gasteiger charge is 2.37. The standard InChI is InChI=1S/C25H35N3O5/c1-5-33-25(32)19-9-7-11-27(14-19)23(30)16-26(4)24(31)20-13-22(29)28(15-20)21-10-6-8-18(12-21)17(2)3/h6,8,10,12,17,19-20H,5,7,9,11,13-16H2,1-4H3. The van der Waals surface area contributed by atoms with Crippen molar-refractivity contribution < 1.29 is 23.9 Å². The highest BCUT2D eigenvalue weighted by molar-refractivity contribution is 6.00. The Labute approximate surface area is 195 Å². The van der Waals surface area contributed by atoms with Gasteiger partial charge in [-0.1, -0.05) is 26.0 Å². The number of benzene rings is 1. The largest absolute Gasteiger partial charge is 0.466 e. The molecule has 2 atom stereocenters. The molecule has 180 valence electrons. The quantitative estimate of drug-likeness (QED) is 0.587. The summed E-state index contributed by atoms with van der Waals surface area (Å²) in [5, 5.41) is 0. The van der Waals surface area contributed by atoms with Crippen molar-refractivity contribution in [3.63, 3.8) is 0 Å². The van der Waals surface area contributed by atoms with Gasteiger partial charge in [-0.15, -0.1) is 0 Å². The number of likely N-dealkylation sites (tertiary alicyclic amines) is 1. The van der Waals surface area contributed by atoms with Gasteiger partial charge in [0.25, 0.3) is 0 Å². The maximum absolute atomic E-state index is 13.0. The minimum atomic E-state index is -0.480. The van der Waals surface area contributed by atoms with Crippen LogP contribution < -0.4 is 4.90 Å². The number of rotatable bonds is 7. The molecule has 8 nitrogen and oxygen atoms in total. The van der Waals surface area contributed by atoms with Crippen LogP contribution in [0, 0.1) is 11.8 Å². The number of nitrogens with zero attached hydrogens (tertiary/aromatic N) is 3. The number of likely N-dealkylation sites (N-methyl/N-ethyl adjacent to an activating group) is 1. The van der Waals surface area contributed by atoms with E-state index < -0.39 is 5.92 Å². The van der Waals surface area contributed by atoms with Gasteiger partial charge in [0, 0.05) is 38.8 Å². The van der Waals surface area contributed by atoms with E-state index in [1.807, 2.05) is 24.3 Å². The zero-order chi connectivity index (χ0) is 24.1. The van der Waals surface area contributed by atoms with Crippen molar-refractivity contribution in [2.75, 3.05) is 44.7 Å². The number of anilines is 1. The molecule has 8 heteroatoms. The number of esters is 1. The fourth-order valence-electron chi connectivity index (χ4n) is 4.52. The van der Waals surface area contributed by atoms with Gasteiger partial charge in [-0.25, -0.2) is 0 Å². The smallest absolute Gasteiger partial charge is 0.310 e. The van der Waals surface area contributed by atoms with Crippen molar-refractivity contribution in [2.45, 2.75) is 46.0 Å². The van der Waals surface area contributed by atoms with Crippen LogP contribution in [0.15, 0.2) is 24.3 Å². The highest BCUT2D eigenvalue weighted by atomic mass is 16.5. The van der Waals surface area contributed by atoms with Crippen LogP contribution in [-0.4, -0.2) is 73.3 Å². The Morgan fingerprint density at radius 1 is 1.18 bits per heavy atom. The SMILES string of the molecule is CCOC(=O)C1CCCN(C(=O)CN(C)C(=O)C2CC(=O)N(c3cccc(C(C)C)c3)C2)C1. The number of piperidine rings is 1. The first-order valence-corrected chi connectivity index (χ1v) is 11.8. The van der Waals surface area contributed by atoms with Crippen LogP contribution in [0.3, 0.4) is 0 Å². The van der Waals surface area contributed by atoms with Crippen LogP contribution in [-0.2, 0) is 23.9 Å². The lowest BCUT2D eigenvalue weighted by molar-refractivity contribution is -0.152. The molecule has 0 bridgehead atoms. The van der Waals surface area contributed by atoms with Gasteiger partial charge in [-0.05, 0) is 43.4 Å². The molecule has 33 heavy (non-hydrogen) atoms. The first-order valence-electron chi connectivity index (χ1n) is 11.8. The molecule has 0 radical (unpaired) electrons. The van der Waals surface area contributed by atoms with Gasteiger partial charge in [0.05, 0.1) is 25.0 Å². The number of ether oxygens (including phenoxy) is 1. The van der Waals surface area contributed by atoms with Crippen LogP contribution in [0.1, 0.15) is 51.5 Å². The van der Waals surface area contributed by atoms with E-state index in [0.717, 1.165) is 17.7 Å². The Morgan fingerprint density at radius 2 is 1.94 bits per heavy atom. The van der Waals surface area contributed by atoms with E-state index in [-0.39, 0.29) is 42.6 Å². The van der Waals surface area contributed by atoms with Gasteiger partial charge < -0.3 is 19.4 Å². The zero-order valence-corrected chi connectivity index (χ0v) is 20.1. The normalized spacial score (nSPS) is 20.8. The van der Waals surface area contributed by atoms with Crippen molar-refractivity contribution in [1.82, 2.24) is 9.80 Å². The van der Waals surface area contributed by atoms with Crippen molar-refractivity contribution in [3.05, 3.63) is 29.8 Å². The molecule has 0 aromatic heterocycles. The topological polar surface area (TPSA) is 87.2 Å². The van der Waals surface area contributed by atoms with E-state index in [2.05, 4.69) is 13.8 Å². The maximum atomic E-state index is 13.0. The molecule has 2 aliphatic rings. The van der Waals surface area contributed by atoms with E-state index in [0.29, 0.717) is 38.6 Å². The summed E-state index contributed by atoms with van der Waals surface area (Å²) in [5.74, 6) is -1.20. The molecule has 1 aromatic rings. The Bertz CT molecular complexity index is 900. The van der Waals surface area contributed by atoms with Crippen molar-refractivity contribution in [1.29, 1.82) is 0 Å². The lowest BCUT2D eigenvalue weighted by Crippen LogP contribution is -2.48. The molecule has 2 aliphatic heterocycles. The summed E-state index contributed by atoms with van der Waals surface area (Å²) in [6.07, 6.45) is 1.57. The molecular weight excluding hydrogens is 422 g/mol. The van der Waals surface area contributed by atoms with Gasteiger partial charge >= 0.3 is 5.97 Å². The summed E-state index contributed by atoms with van der Waals surface area (Å²) in [5.41, 5.74) is 1.94. The number of carbonyl (C=O) groups is 4. The van der Waals surface area contributed by atoms with E-state index in [1.54, 1.807) is 23.8 Å². The number of hydrogen-bond donors (Lipinski definition) is 0. The molecule has 0 aliphatic carbocycles. The molecule has 1 aromatic carbocycles. The molecule has 2 heterocycles. The predicted molar refractivity (Wildman–Crippen MR) is 125 cm³/mol. The second-order valence-electron chi connectivity index (χ2n) is 9.28. The van der Waals surface area contributed by atoms with Crippen LogP contribution >= 0.6 is 0 Å². The zero-order valence-electron chi connectivity index (χ0n) is 20.1. The average Bonchev–Trinajstić information content (AvgIpc) is 3.20. The summed E-state index contributed by atoms with van der Waals surface area (Å²) in [4.78, 5) is 55.2. The lowest BCUT2D eigenvalue weighted by Gasteiger charge is -2.33. The van der Waals surface area contributed by atoms with Gasteiger partial charge in [-0.2, -0.15) is 0 Å². The van der Waals surface area contributed by atoms with Gasteiger partial charge in [0.2, 0.25) is 17.7 Å². The summed E-state index contributed by atoms with van der Waals surface area (Å²) in [6.45, 7) is 7.41. The van der Waals surface area contributed by atoms with E-state index in [9.17, 15) is 19.2 Å². The number of amides is 3. The van der Waals surface area contributed by atoms with Gasteiger partial charge in [0.1, 0.15) is 0 Å². The first kappa shape index (κ1) is 24.7. The lowest BCUT2D eigenvalue weighted by atomic mass is 9.98. The Hall–Kier alpha value is -2.90. The Morgan fingerprint density at radius 3 is 2.64 bits per heavy atom. The van der Waals surface area contributed by atoms with Crippen LogP contribution in [0.25, 0.3) is 0 Å². The van der Waals surface area contributed by atoms with Gasteiger partial charge in [-0.3, -0.25) is 19.2 Å². The monoisotopic (exact) mass is 457 g/mol. The summed E-state index contributed by atoms with van der Waals surface area (Å²) < 4.78 is 5.10. The van der Waals surface area contributed by atoms with Crippen LogP contribution in [0.2, 0.25) is 0 Å². The third-order valence-electron chi connectivity index (χ3n) is 6.47. The Balaban J connectivity index is 1.58. The van der Waals surface area contributed by atoms with Crippen LogP contribution in [0.5, 0.6) is 0 Å². The van der Waals surface area contributed by atoms with Crippen molar-refractivity contribution in [3.8, 4) is 0 Å². The molecular formula is C25H35N3O5. The molecule has 0 spiro atoms. The minimum absolute atomic E-state index is 0.0676. The van der Waals surface area contributed by atoms with E-state index in [1.165, 1.54) is 4.90 Å². The average molecular weight is 458 g/mol. The summed E-state index contributed by atoms with van der Waals surface area (Å²) in [7, 11) is 1.60. The fraction of sp³-hybridized carbons (Fsp3) is 0.600. The summed E-state index contributed by atoms with van der Waals surface area (Å²) in [6, 6.07) is 7.85. The molecule has 3 rings (SSSR count). The number of hydrogen-bond acceptors (Lipinski definition) is 5. The van der Waals surface area contributed by atoms with Crippen molar-refractivity contribution >= 4 is 29.4 Å². The molecule has 2 unspecified atom stereocenters. The maximum Gasteiger partial charge on any atom is 0.310 e. The molecule has 0 N–H and O–H groups in total. The fourth-order valence-corrected chi connectivity index (χ4v) is 4.52. The molecule has 2 saturated heterocycles. The first-order chi connectivity index (χ1) is 15.7. The highest BCUT2D eigenvalue weighted by Crippen LogP contribution is 2.28. The van der Waals surface area contributed by atoms with E-state index in [4.69, 9.17) is 4.74 Å². The third-order valence-corrected chi connectivity index (χ3v) is 6.47. The van der Waals surface area contributed by atoms with Crippen LogP contribution in [0.4, 0.5) is 5.69 Å². The third kappa shape index (κ3) is 5.92. The molecule has 0 saturated carbocycles. The minimum Gasteiger partial charge on any atom is -0.466 e. The van der Waals surface area contributed by atoms with E-state index >= 15 is 0 Å². The molecule has 3 amide bonds. The van der Waals surface area contributed by atoms with Crippen molar-refractivity contribution in [2.24, 2.45) is 11.8 Å². The summed E-state index contributed by atoms with van der Waals surface area (Å²) >= 11 is 0. The molecule has 2 fully saturated rings. The Kier molecular flexibility index (Phi) is 8.10. The van der Waals surface area contributed by atoms with Gasteiger partial charge in [0.15, 0.2) is 0 Å².